The Hall–Kier alpha value is -2.31. The third-order valence-electron chi connectivity index (χ3n) is 3.11. The Morgan fingerprint density at radius 2 is 1.90 bits per heavy atom. The maximum absolute atomic E-state index is 13.3. The lowest BCUT2D eigenvalue weighted by molar-refractivity contribution is 0.358. The first kappa shape index (κ1) is 13.7. The predicted octanol–water partition coefficient (Wildman–Crippen LogP) is 3.04. The van der Waals surface area contributed by atoms with Crippen molar-refractivity contribution in [1.82, 2.24) is 19.7 Å². The molecule has 0 fully saturated rings. The van der Waals surface area contributed by atoms with Crippen LogP contribution in [0.15, 0.2) is 23.0 Å². The average molecular weight is 292 g/mol. The highest BCUT2D eigenvalue weighted by atomic mass is 19.2. The second kappa shape index (κ2) is 4.61. The lowest BCUT2D eigenvalue weighted by Gasteiger charge is -2.10. The minimum absolute atomic E-state index is 0.214. The molecule has 2 heterocycles. The summed E-state index contributed by atoms with van der Waals surface area (Å²) < 4.78 is 33.3. The number of imidazole rings is 1. The molecule has 0 unspecified atom stereocenters. The van der Waals surface area contributed by atoms with Crippen LogP contribution in [-0.2, 0) is 12.0 Å². The Morgan fingerprint density at radius 3 is 2.57 bits per heavy atom. The molecule has 7 heteroatoms. The van der Waals surface area contributed by atoms with Crippen LogP contribution in [0.2, 0.25) is 0 Å². The molecular weight excluding hydrogens is 278 g/mol. The zero-order valence-corrected chi connectivity index (χ0v) is 11.9. The standard InChI is InChI=1S/C14H14F2N4O/c1-14(2,3)13-18-12(21-19-13)6-20-7-17-10-4-8(15)9(16)5-11(10)20/h4-5,7H,6H2,1-3H3. The molecule has 3 rings (SSSR count). The lowest BCUT2D eigenvalue weighted by Crippen LogP contribution is -2.13. The third kappa shape index (κ3) is 2.51. The van der Waals surface area contributed by atoms with Gasteiger partial charge in [0.25, 0.3) is 0 Å². The molecular formula is C14H14F2N4O. The highest BCUT2D eigenvalue weighted by Crippen LogP contribution is 2.21. The minimum Gasteiger partial charge on any atom is -0.337 e. The van der Waals surface area contributed by atoms with Gasteiger partial charge in [-0.3, -0.25) is 0 Å². The van der Waals surface area contributed by atoms with Crippen molar-refractivity contribution in [2.75, 3.05) is 0 Å². The van der Waals surface area contributed by atoms with Crippen LogP contribution >= 0.6 is 0 Å². The van der Waals surface area contributed by atoms with Gasteiger partial charge in [-0.2, -0.15) is 4.98 Å². The summed E-state index contributed by atoms with van der Waals surface area (Å²) in [6.07, 6.45) is 1.49. The van der Waals surface area contributed by atoms with Gasteiger partial charge in [-0.05, 0) is 0 Å². The average Bonchev–Trinajstić information content (AvgIpc) is 2.99. The number of fused-ring (bicyclic) bond motifs is 1. The Kier molecular flexibility index (Phi) is 3.00. The quantitative estimate of drug-likeness (QED) is 0.728. The molecule has 0 radical (unpaired) electrons. The molecule has 1 aromatic carbocycles. The second-order valence-corrected chi connectivity index (χ2v) is 5.89. The van der Waals surface area contributed by atoms with Crippen LogP contribution in [0.4, 0.5) is 8.78 Å². The van der Waals surface area contributed by atoms with Gasteiger partial charge in [0.1, 0.15) is 6.54 Å². The van der Waals surface area contributed by atoms with Gasteiger partial charge in [0.2, 0.25) is 5.89 Å². The molecule has 0 bridgehead atoms. The lowest BCUT2D eigenvalue weighted by atomic mass is 9.96. The molecule has 0 aliphatic rings. The molecule has 0 aliphatic carbocycles. The van der Waals surface area contributed by atoms with Gasteiger partial charge in [-0.25, -0.2) is 13.8 Å². The highest BCUT2D eigenvalue weighted by Gasteiger charge is 2.21. The van der Waals surface area contributed by atoms with Crippen LogP contribution < -0.4 is 0 Å². The van der Waals surface area contributed by atoms with Crippen LogP contribution in [-0.4, -0.2) is 19.7 Å². The molecule has 0 spiro atoms. The first-order chi connectivity index (χ1) is 9.84. The smallest absolute Gasteiger partial charge is 0.246 e. The SMILES string of the molecule is CC(C)(C)c1noc(Cn2cnc3cc(F)c(F)cc32)n1. The van der Waals surface area contributed by atoms with E-state index in [4.69, 9.17) is 4.52 Å². The van der Waals surface area contributed by atoms with E-state index < -0.39 is 11.6 Å². The van der Waals surface area contributed by atoms with Crippen molar-refractivity contribution in [3.63, 3.8) is 0 Å². The first-order valence-electron chi connectivity index (χ1n) is 6.47. The molecule has 5 nitrogen and oxygen atoms in total. The molecule has 21 heavy (non-hydrogen) atoms. The number of benzene rings is 1. The molecule has 0 N–H and O–H groups in total. The summed E-state index contributed by atoms with van der Waals surface area (Å²) in [5.41, 5.74) is 0.641. The zero-order valence-electron chi connectivity index (χ0n) is 11.9. The van der Waals surface area contributed by atoms with Gasteiger partial charge in [-0.15, -0.1) is 0 Å². The van der Waals surface area contributed by atoms with Crippen molar-refractivity contribution in [3.8, 4) is 0 Å². The van der Waals surface area contributed by atoms with E-state index in [9.17, 15) is 8.78 Å². The summed E-state index contributed by atoms with van der Waals surface area (Å²) in [6.45, 7) is 6.19. The van der Waals surface area contributed by atoms with E-state index in [1.54, 1.807) is 4.57 Å². The fourth-order valence-corrected chi connectivity index (χ4v) is 1.95. The summed E-state index contributed by atoms with van der Waals surface area (Å²) >= 11 is 0. The molecule has 110 valence electrons. The maximum Gasteiger partial charge on any atom is 0.246 e. The van der Waals surface area contributed by atoms with E-state index >= 15 is 0 Å². The minimum atomic E-state index is -0.916. The van der Waals surface area contributed by atoms with E-state index in [0.29, 0.717) is 22.7 Å². The van der Waals surface area contributed by atoms with Crippen LogP contribution in [0.5, 0.6) is 0 Å². The van der Waals surface area contributed by atoms with Crippen molar-refractivity contribution < 1.29 is 13.3 Å². The Labute approximate surface area is 119 Å². The Morgan fingerprint density at radius 1 is 1.19 bits per heavy atom. The molecule has 3 aromatic rings. The van der Waals surface area contributed by atoms with Crippen molar-refractivity contribution in [2.24, 2.45) is 0 Å². The first-order valence-corrected chi connectivity index (χ1v) is 6.47. The zero-order chi connectivity index (χ0) is 15.2. The predicted molar refractivity (Wildman–Crippen MR) is 71.7 cm³/mol. The van der Waals surface area contributed by atoms with Crippen LogP contribution in [0.25, 0.3) is 11.0 Å². The molecule has 0 saturated carbocycles. The molecule has 2 aromatic heterocycles. The van der Waals surface area contributed by atoms with Gasteiger partial charge in [0.15, 0.2) is 17.5 Å². The summed E-state index contributed by atoms with van der Waals surface area (Å²) in [7, 11) is 0. The van der Waals surface area contributed by atoms with Crippen LogP contribution in [0.1, 0.15) is 32.5 Å². The Balaban J connectivity index is 1.95. The van der Waals surface area contributed by atoms with Crippen molar-refractivity contribution >= 4 is 11.0 Å². The van der Waals surface area contributed by atoms with E-state index in [2.05, 4.69) is 15.1 Å². The van der Waals surface area contributed by atoms with Gasteiger partial charge in [0.05, 0.1) is 17.4 Å². The Bertz CT molecular complexity index is 801. The molecule has 0 atom stereocenters. The second-order valence-electron chi connectivity index (χ2n) is 5.89. The van der Waals surface area contributed by atoms with Crippen LogP contribution in [0.3, 0.4) is 0 Å². The number of nitrogens with zero attached hydrogens (tertiary/aromatic N) is 4. The topological polar surface area (TPSA) is 56.7 Å². The number of hydrogen-bond acceptors (Lipinski definition) is 4. The summed E-state index contributed by atoms with van der Waals surface area (Å²) in [4.78, 5) is 8.35. The summed E-state index contributed by atoms with van der Waals surface area (Å²) in [6, 6.07) is 2.17. The van der Waals surface area contributed by atoms with Crippen molar-refractivity contribution in [1.29, 1.82) is 0 Å². The van der Waals surface area contributed by atoms with Crippen molar-refractivity contribution in [2.45, 2.75) is 32.7 Å². The van der Waals surface area contributed by atoms with Crippen molar-refractivity contribution in [3.05, 3.63) is 41.8 Å². The molecule has 0 aliphatic heterocycles. The monoisotopic (exact) mass is 292 g/mol. The van der Waals surface area contributed by atoms with Gasteiger partial charge >= 0.3 is 0 Å². The van der Waals surface area contributed by atoms with Gasteiger partial charge < -0.3 is 9.09 Å². The summed E-state index contributed by atoms with van der Waals surface area (Å²) in [5, 5.41) is 3.93. The fraction of sp³-hybridized carbons (Fsp3) is 0.357. The highest BCUT2D eigenvalue weighted by molar-refractivity contribution is 5.75. The summed E-state index contributed by atoms with van der Waals surface area (Å²) in [5.74, 6) is -0.839. The van der Waals surface area contributed by atoms with Crippen LogP contribution in [0, 0.1) is 11.6 Å². The largest absolute Gasteiger partial charge is 0.337 e. The number of aromatic nitrogens is 4. The number of hydrogen-bond donors (Lipinski definition) is 0. The number of rotatable bonds is 2. The normalized spacial score (nSPS) is 12.2. The van der Waals surface area contributed by atoms with E-state index in [1.807, 2.05) is 20.8 Å². The molecule has 0 amide bonds. The molecule has 0 saturated heterocycles. The van der Waals surface area contributed by atoms with E-state index in [1.165, 1.54) is 6.33 Å². The number of halogens is 2. The van der Waals surface area contributed by atoms with Gasteiger partial charge in [-0.1, -0.05) is 25.9 Å². The fourth-order valence-electron chi connectivity index (χ4n) is 1.95. The van der Waals surface area contributed by atoms with Gasteiger partial charge in [0, 0.05) is 17.5 Å². The third-order valence-corrected chi connectivity index (χ3v) is 3.11. The van der Waals surface area contributed by atoms with E-state index in [-0.39, 0.29) is 12.0 Å². The van der Waals surface area contributed by atoms with E-state index in [0.717, 1.165) is 12.1 Å². The maximum atomic E-state index is 13.3.